The van der Waals surface area contributed by atoms with E-state index in [2.05, 4.69) is 9.55 Å². The highest BCUT2D eigenvalue weighted by Gasteiger charge is 2.38. The number of nitrogens with zero attached hydrogens (tertiary/aromatic N) is 2. The zero-order valence-corrected chi connectivity index (χ0v) is 24.2. The van der Waals surface area contributed by atoms with E-state index in [4.69, 9.17) is 18.9 Å². The second-order valence-corrected chi connectivity index (χ2v) is 11.0. The van der Waals surface area contributed by atoms with Crippen molar-refractivity contribution >= 4 is 0 Å². The summed E-state index contributed by atoms with van der Waals surface area (Å²) >= 11 is 0. The number of imidazole rings is 1. The molecule has 43 heavy (non-hydrogen) atoms. The van der Waals surface area contributed by atoms with Gasteiger partial charge in [0.2, 0.25) is 0 Å². The van der Waals surface area contributed by atoms with Crippen molar-refractivity contribution in [2.45, 2.75) is 50.5 Å². The second kappa shape index (κ2) is 12.2. The quantitative estimate of drug-likeness (QED) is 0.214. The number of aryl methyl sites for hydroxylation is 1. The van der Waals surface area contributed by atoms with Crippen LogP contribution in [0.2, 0.25) is 0 Å². The van der Waals surface area contributed by atoms with Crippen molar-refractivity contribution in [2.75, 3.05) is 27.4 Å². The molecule has 0 saturated carbocycles. The number of phenolic OH excluding ortho intramolecular Hbond substituents is 2. The number of rotatable bonds is 10. The third-order valence-corrected chi connectivity index (χ3v) is 8.32. The van der Waals surface area contributed by atoms with E-state index >= 15 is 0 Å². The molecule has 0 fully saturated rings. The first-order valence-corrected chi connectivity index (χ1v) is 14.4. The van der Waals surface area contributed by atoms with Crippen molar-refractivity contribution < 1.29 is 39.4 Å². The predicted molar refractivity (Wildman–Crippen MR) is 158 cm³/mol. The Bertz CT molecular complexity index is 1620. The number of ether oxygens (including phenoxy) is 4. The summed E-state index contributed by atoms with van der Waals surface area (Å²) in [5.41, 5.74) is 5.46. The van der Waals surface area contributed by atoms with E-state index in [9.17, 15) is 20.4 Å². The highest BCUT2D eigenvalue weighted by molar-refractivity contribution is 5.83. The monoisotopic (exact) mass is 588 g/mol. The van der Waals surface area contributed by atoms with Gasteiger partial charge >= 0.3 is 0 Å². The summed E-state index contributed by atoms with van der Waals surface area (Å²) in [4.78, 5) is 4.43. The summed E-state index contributed by atoms with van der Waals surface area (Å²) in [7, 11) is 3.12. The van der Waals surface area contributed by atoms with Gasteiger partial charge in [0.05, 0.1) is 19.8 Å². The Morgan fingerprint density at radius 2 is 1.91 bits per heavy atom. The standard InChI is InChI=1S/C33H36N2O8/c1-40-18-30-34-8-10-35(30)9-7-19-13-21-14-22(37)4-5-23(21)32-29(42-12-11-36)17-27-24(31(19)32)16-26(39)33(43-27)20-3-6-25(38)28(15-20)41-2/h3-6,8,10,14-15,17,19,26,33,36-39H,7,9,11-13,16,18H2,1-2H3. The smallest absolute Gasteiger partial charge is 0.160 e. The van der Waals surface area contributed by atoms with Crippen LogP contribution in [0.1, 0.15) is 46.5 Å². The van der Waals surface area contributed by atoms with Gasteiger partial charge in [0.15, 0.2) is 11.5 Å². The summed E-state index contributed by atoms with van der Waals surface area (Å²) < 4.78 is 25.4. The lowest BCUT2D eigenvalue weighted by Gasteiger charge is -2.38. The molecule has 4 aromatic rings. The molecule has 2 heterocycles. The number of methoxy groups -OCH3 is 2. The van der Waals surface area contributed by atoms with Crippen molar-refractivity contribution in [2.24, 2.45) is 0 Å². The maximum absolute atomic E-state index is 11.5. The van der Waals surface area contributed by atoms with Crippen molar-refractivity contribution in [1.82, 2.24) is 9.55 Å². The molecule has 0 amide bonds. The van der Waals surface area contributed by atoms with Crippen molar-refractivity contribution in [3.63, 3.8) is 0 Å². The molecule has 0 bridgehead atoms. The highest BCUT2D eigenvalue weighted by Crippen LogP contribution is 2.53. The van der Waals surface area contributed by atoms with Crippen LogP contribution in [-0.2, 0) is 30.7 Å². The lowest BCUT2D eigenvalue weighted by Crippen LogP contribution is -2.32. The number of fused-ring (bicyclic) bond motifs is 5. The lowest BCUT2D eigenvalue weighted by molar-refractivity contribution is 0.0200. The average molecular weight is 589 g/mol. The third-order valence-electron chi connectivity index (χ3n) is 8.32. The number of benzene rings is 3. The van der Waals surface area contributed by atoms with E-state index in [1.54, 1.807) is 37.6 Å². The number of phenols is 2. The summed E-state index contributed by atoms with van der Waals surface area (Å²) in [5, 5.41) is 41.6. The Labute approximate surface area is 249 Å². The number of hydrogen-bond acceptors (Lipinski definition) is 9. The number of aliphatic hydroxyl groups is 2. The summed E-state index contributed by atoms with van der Waals surface area (Å²) in [6.07, 6.45) is 3.92. The Morgan fingerprint density at radius 1 is 1.05 bits per heavy atom. The second-order valence-electron chi connectivity index (χ2n) is 11.0. The maximum atomic E-state index is 11.5. The van der Waals surface area contributed by atoms with Gasteiger partial charge in [-0.3, -0.25) is 0 Å². The SMILES string of the molecule is COCc1nccn1CCC1Cc2cc(O)ccc2-c2c(OCCO)cc3c(c21)CC(O)C(c1ccc(O)c(OC)c1)O3. The lowest BCUT2D eigenvalue weighted by atomic mass is 9.73. The molecular weight excluding hydrogens is 552 g/mol. The average Bonchev–Trinajstić information content (AvgIpc) is 3.45. The minimum atomic E-state index is -0.862. The van der Waals surface area contributed by atoms with Crippen molar-refractivity contribution in [3.05, 3.63) is 82.9 Å². The summed E-state index contributed by atoms with van der Waals surface area (Å²) in [5.74, 6) is 2.51. The van der Waals surface area contributed by atoms with Crippen molar-refractivity contribution in [1.29, 1.82) is 0 Å². The normalized spacial score (nSPS) is 18.7. The Hall–Kier alpha value is -4.25. The van der Waals surface area contributed by atoms with Crippen LogP contribution in [0.15, 0.2) is 54.9 Å². The molecule has 4 N–H and O–H groups in total. The minimum absolute atomic E-state index is 0.00445. The molecule has 1 aromatic heterocycles. The van der Waals surface area contributed by atoms with Gasteiger partial charge in [-0.15, -0.1) is 0 Å². The summed E-state index contributed by atoms with van der Waals surface area (Å²) in [6, 6.07) is 12.1. The van der Waals surface area contributed by atoms with Crippen LogP contribution < -0.4 is 14.2 Å². The number of aliphatic hydroxyl groups excluding tert-OH is 2. The van der Waals surface area contributed by atoms with Gasteiger partial charge in [0.1, 0.15) is 42.4 Å². The van der Waals surface area contributed by atoms with E-state index in [1.807, 2.05) is 18.3 Å². The predicted octanol–water partition coefficient (Wildman–Crippen LogP) is 4.25. The summed E-state index contributed by atoms with van der Waals surface area (Å²) in [6.45, 7) is 1.03. The zero-order valence-electron chi connectivity index (χ0n) is 24.2. The van der Waals surface area contributed by atoms with Crippen LogP contribution in [0.25, 0.3) is 11.1 Å². The van der Waals surface area contributed by atoms with Gasteiger partial charge in [-0.25, -0.2) is 4.98 Å². The molecular formula is C33H36N2O8. The first-order valence-electron chi connectivity index (χ1n) is 14.4. The number of aromatic nitrogens is 2. The van der Waals surface area contributed by atoms with Crippen LogP contribution >= 0.6 is 0 Å². The Balaban J connectivity index is 1.46. The molecule has 1 aliphatic heterocycles. The Morgan fingerprint density at radius 3 is 2.70 bits per heavy atom. The largest absolute Gasteiger partial charge is 0.508 e. The maximum Gasteiger partial charge on any atom is 0.160 e. The number of hydrogen-bond donors (Lipinski definition) is 4. The zero-order chi connectivity index (χ0) is 30.1. The van der Waals surface area contributed by atoms with E-state index in [-0.39, 0.29) is 30.6 Å². The van der Waals surface area contributed by atoms with E-state index in [0.717, 1.165) is 40.1 Å². The van der Waals surface area contributed by atoms with Crippen LogP contribution in [-0.4, -0.2) is 63.5 Å². The van der Waals surface area contributed by atoms with E-state index in [0.29, 0.717) is 48.8 Å². The fourth-order valence-electron chi connectivity index (χ4n) is 6.42. The van der Waals surface area contributed by atoms with Gasteiger partial charge in [0.25, 0.3) is 0 Å². The molecule has 1 aliphatic carbocycles. The molecule has 226 valence electrons. The molecule has 10 heteroatoms. The van der Waals surface area contributed by atoms with E-state index < -0.39 is 12.2 Å². The van der Waals surface area contributed by atoms with Gasteiger partial charge < -0.3 is 43.9 Å². The fourth-order valence-corrected chi connectivity index (χ4v) is 6.42. The highest BCUT2D eigenvalue weighted by atomic mass is 16.5. The molecule has 3 atom stereocenters. The molecule has 0 spiro atoms. The topological polar surface area (TPSA) is 136 Å². The first kappa shape index (κ1) is 28.9. The van der Waals surface area contributed by atoms with Gasteiger partial charge in [0, 0.05) is 49.7 Å². The van der Waals surface area contributed by atoms with Crippen LogP contribution in [0.4, 0.5) is 0 Å². The van der Waals surface area contributed by atoms with Crippen LogP contribution in [0, 0.1) is 0 Å². The minimum Gasteiger partial charge on any atom is -0.508 e. The van der Waals surface area contributed by atoms with Gasteiger partial charge in [-0.1, -0.05) is 12.1 Å². The van der Waals surface area contributed by atoms with Crippen LogP contribution in [0.3, 0.4) is 0 Å². The van der Waals surface area contributed by atoms with Crippen molar-refractivity contribution in [3.8, 4) is 39.9 Å². The van der Waals surface area contributed by atoms with E-state index in [1.165, 1.54) is 13.2 Å². The molecule has 10 nitrogen and oxygen atoms in total. The molecule has 3 unspecified atom stereocenters. The number of aromatic hydroxyl groups is 2. The molecule has 3 aromatic carbocycles. The fraction of sp³-hybridized carbons (Fsp3) is 0.364. The first-order chi connectivity index (χ1) is 20.9. The van der Waals surface area contributed by atoms with Crippen LogP contribution in [0.5, 0.6) is 28.7 Å². The molecule has 0 radical (unpaired) electrons. The van der Waals surface area contributed by atoms with Gasteiger partial charge in [-0.2, -0.15) is 0 Å². The molecule has 2 aliphatic rings. The third kappa shape index (κ3) is 5.49. The molecule has 0 saturated heterocycles. The molecule has 6 rings (SSSR count). The Kier molecular flexibility index (Phi) is 8.16. The van der Waals surface area contributed by atoms with Gasteiger partial charge in [-0.05, 0) is 65.3 Å².